The van der Waals surface area contributed by atoms with Gasteiger partial charge >= 0.3 is 0 Å². The van der Waals surface area contributed by atoms with E-state index in [9.17, 15) is 5.26 Å². The number of hydrogen-bond donors (Lipinski definition) is 0. The molecular weight excluding hydrogens is 1150 g/mol. The maximum atomic E-state index is 13.0. The van der Waals surface area contributed by atoms with Crippen LogP contribution in [0.1, 0.15) is 27.8 Å². The van der Waals surface area contributed by atoms with Gasteiger partial charge in [-0.25, -0.2) is 15.0 Å². The molecule has 0 atom stereocenters. The molecule has 8 heteroatoms. The van der Waals surface area contributed by atoms with E-state index in [1.54, 1.807) is 0 Å². The number of fused-ring (bicyclic) bond motifs is 12. The largest absolute Gasteiger partial charge is 0.309 e. The third kappa shape index (κ3) is 8.41. The van der Waals surface area contributed by atoms with Gasteiger partial charge in [0.05, 0.1) is 66.6 Å². The average molecular weight is 1200 g/mol. The second kappa shape index (κ2) is 21.3. The summed E-state index contributed by atoms with van der Waals surface area (Å²) in [5.41, 5.74) is 22.8. The Morgan fingerprint density at radius 3 is 0.926 bits per heavy atom. The predicted octanol–water partition coefficient (Wildman–Crippen LogP) is 21.7. The number of aryl methyl sites for hydroxylation is 4. The molecule has 0 amide bonds. The Kier molecular flexibility index (Phi) is 12.4. The van der Waals surface area contributed by atoms with Gasteiger partial charge in [0.25, 0.3) is 0 Å². The van der Waals surface area contributed by atoms with Crippen molar-refractivity contribution in [3.8, 4) is 85.2 Å². The summed E-state index contributed by atoms with van der Waals surface area (Å²) in [6.45, 7) is 8.65. The average Bonchev–Trinajstić information content (AvgIpc) is 1.40. The first-order valence-corrected chi connectivity index (χ1v) is 32.0. The smallest absolute Gasteiger partial charge is 0.166 e. The van der Waals surface area contributed by atoms with Crippen LogP contribution in [-0.2, 0) is 0 Å². The minimum absolute atomic E-state index is 0.411. The number of benzene rings is 13. The summed E-state index contributed by atoms with van der Waals surface area (Å²) in [4.78, 5) is 16.8. The molecule has 0 unspecified atom stereocenters. The van der Waals surface area contributed by atoms with Gasteiger partial charge in [0.1, 0.15) is 6.07 Å². The summed E-state index contributed by atoms with van der Waals surface area (Å²) in [6, 6.07) is 103. The number of rotatable bonds is 9. The van der Waals surface area contributed by atoms with Gasteiger partial charge in [0, 0.05) is 76.7 Å². The van der Waals surface area contributed by atoms with E-state index in [2.05, 4.69) is 295 Å². The summed E-state index contributed by atoms with van der Waals surface area (Å²) in [5.74, 6) is 1.42. The van der Waals surface area contributed by atoms with Crippen LogP contribution in [0, 0.1) is 39.0 Å². The molecule has 0 saturated heterocycles. The molecule has 0 bridgehead atoms. The lowest BCUT2D eigenvalue weighted by Crippen LogP contribution is -2.12. The molecule has 18 rings (SSSR count). The Labute approximate surface area is 542 Å². The lowest BCUT2D eigenvalue weighted by atomic mass is 9.85. The van der Waals surface area contributed by atoms with Crippen LogP contribution in [0.5, 0.6) is 0 Å². The maximum Gasteiger partial charge on any atom is 0.166 e. The lowest BCUT2D eigenvalue weighted by molar-refractivity contribution is 1.06. The molecule has 0 radical (unpaired) electrons. The normalized spacial score (nSPS) is 11.8. The van der Waals surface area contributed by atoms with Gasteiger partial charge in [0.2, 0.25) is 0 Å². The van der Waals surface area contributed by atoms with Gasteiger partial charge in [-0.3, -0.25) is 0 Å². The Balaban J connectivity index is 1.04. The predicted molar refractivity (Wildman–Crippen MR) is 388 cm³/mol. The second-order valence-electron chi connectivity index (χ2n) is 24.9. The molecule has 5 aromatic heterocycles. The van der Waals surface area contributed by atoms with Crippen LogP contribution >= 0.6 is 0 Å². The van der Waals surface area contributed by atoms with Crippen LogP contribution in [0.3, 0.4) is 0 Å². The molecule has 13 aromatic carbocycles. The van der Waals surface area contributed by atoms with Crippen LogP contribution in [0.15, 0.2) is 279 Å². The van der Waals surface area contributed by atoms with Crippen LogP contribution < -0.4 is 0 Å². The molecule has 0 saturated carbocycles. The van der Waals surface area contributed by atoms with Gasteiger partial charge in [-0.05, 0) is 136 Å². The van der Waals surface area contributed by atoms with Crippen LogP contribution in [0.25, 0.3) is 166 Å². The van der Waals surface area contributed by atoms with Crippen molar-refractivity contribution in [2.75, 3.05) is 0 Å². The Hall–Kier alpha value is -12.4. The quantitative estimate of drug-likeness (QED) is 0.144. The van der Waals surface area contributed by atoms with Gasteiger partial charge in [-0.2, -0.15) is 5.26 Å². The highest BCUT2D eigenvalue weighted by Crippen LogP contribution is 2.53. The molecule has 0 fully saturated rings. The third-order valence-electron chi connectivity index (χ3n) is 19.1. The summed E-state index contributed by atoms with van der Waals surface area (Å²) in [7, 11) is 0. The van der Waals surface area contributed by atoms with E-state index in [1.165, 1.54) is 43.8 Å². The highest BCUT2D eigenvalue weighted by atomic mass is 15.1. The molecule has 0 aliphatic carbocycles. The number of aromatic nitrogens is 7. The molecule has 94 heavy (non-hydrogen) atoms. The van der Waals surface area contributed by atoms with Crippen LogP contribution in [0.4, 0.5) is 0 Å². The molecule has 0 aliphatic heterocycles. The molecular formula is C86H58N8. The van der Waals surface area contributed by atoms with Crippen molar-refractivity contribution in [2.24, 2.45) is 0 Å². The topological polar surface area (TPSA) is 82.2 Å². The van der Waals surface area contributed by atoms with E-state index in [0.717, 1.165) is 116 Å². The molecule has 0 N–H and O–H groups in total. The molecule has 0 aliphatic rings. The lowest BCUT2D eigenvalue weighted by Gasteiger charge is -2.27. The van der Waals surface area contributed by atoms with Gasteiger partial charge in [-0.15, -0.1) is 0 Å². The van der Waals surface area contributed by atoms with Crippen molar-refractivity contribution >= 4 is 87.2 Å². The number of nitriles is 1. The first kappa shape index (κ1) is 54.5. The number of nitrogens with zero attached hydrogens (tertiary/aromatic N) is 8. The number of hydrogen-bond acceptors (Lipinski definition) is 4. The first-order valence-electron chi connectivity index (χ1n) is 32.0. The van der Waals surface area contributed by atoms with Gasteiger partial charge in [0.15, 0.2) is 17.5 Å². The minimum Gasteiger partial charge on any atom is -0.309 e. The van der Waals surface area contributed by atoms with Gasteiger partial charge in [-0.1, -0.05) is 204 Å². The van der Waals surface area contributed by atoms with Crippen LogP contribution in [-0.4, -0.2) is 33.2 Å². The molecule has 18 aromatic rings. The molecule has 442 valence electrons. The van der Waals surface area contributed by atoms with Crippen molar-refractivity contribution in [3.63, 3.8) is 0 Å². The molecule has 0 spiro atoms. The summed E-state index contributed by atoms with van der Waals surface area (Å²) < 4.78 is 9.48. The van der Waals surface area contributed by atoms with E-state index in [1.807, 2.05) is 36.4 Å². The van der Waals surface area contributed by atoms with Crippen molar-refractivity contribution < 1.29 is 0 Å². The fraction of sp³-hybridized carbons (Fsp3) is 0.0465. The minimum atomic E-state index is 0.411. The van der Waals surface area contributed by atoms with E-state index in [4.69, 9.17) is 15.0 Å². The van der Waals surface area contributed by atoms with E-state index in [0.29, 0.717) is 34.3 Å². The molecule has 8 nitrogen and oxygen atoms in total. The molecule has 5 heterocycles. The van der Waals surface area contributed by atoms with Crippen molar-refractivity contribution in [1.29, 1.82) is 5.26 Å². The highest BCUT2D eigenvalue weighted by molar-refractivity contribution is 6.16. The zero-order valence-electron chi connectivity index (χ0n) is 52.1. The summed E-state index contributed by atoms with van der Waals surface area (Å²) >= 11 is 0. The van der Waals surface area contributed by atoms with Crippen molar-refractivity contribution in [2.45, 2.75) is 27.7 Å². The maximum absolute atomic E-state index is 13.0. The zero-order valence-corrected chi connectivity index (χ0v) is 52.1. The zero-order chi connectivity index (χ0) is 62.9. The summed E-state index contributed by atoms with van der Waals surface area (Å²) in [5, 5.41) is 22.0. The van der Waals surface area contributed by atoms with E-state index < -0.39 is 0 Å². The third-order valence-corrected chi connectivity index (χ3v) is 19.1. The highest BCUT2D eigenvalue weighted by Gasteiger charge is 2.34. The van der Waals surface area contributed by atoms with Gasteiger partial charge < -0.3 is 18.3 Å². The van der Waals surface area contributed by atoms with Crippen molar-refractivity contribution in [1.82, 2.24) is 33.2 Å². The Morgan fingerprint density at radius 1 is 0.255 bits per heavy atom. The summed E-state index contributed by atoms with van der Waals surface area (Å²) in [6.07, 6.45) is 0. The fourth-order valence-corrected chi connectivity index (χ4v) is 14.9. The van der Waals surface area contributed by atoms with E-state index in [-0.39, 0.29) is 0 Å². The Bertz CT molecular complexity index is 5910. The standard InChI is InChI=1S/C86H58N8/c1-52-31-43-75-66(47-52)67-48-53(2)32-44-76(67)91(75)60-39-35-56(36-40-60)79-70(51-87)82(93-71-27-15-11-23-62(71)63-24-12-16-28-72(63)93)81(86-89-84(58-19-7-5-8-20-58)88-85(90-86)59-21-9-6-10-22-59)80(83(79)94-73-29-17-13-25-64(73)65-26-14-18-30-74(65)94)57-37-41-61(42-38-57)92-77-45-33-54(3)49-68(77)69-50-55(4)34-46-78(69)92/h5-50H,1-4H3. The fourth-order valence-electron chi connectivity index (χ4n) is 14.9. The second-order valence-corrected chi connectivity index (χ2v) is 24.9. The van der Waals surface area contributed by atoms with Crippen LogP contribution in [0.2, 0.25) is 0 Å². The van der Waals surface area contributed by atoms with E-state index >= 15 is 0 Å². The van der Waals surface area contributed by atoms with Crippen molar-refractivity contribution in [3.05, 3.63) is 307 Å². The Morgan fingerprint density at radius 2 is 0.564 bits per heavy atom. The number of para-hydroxylation sites is 4. The SMILES string of the molecule is Cc1ccc2c(c1)c1cc(C)ccc1n2-c1ccc(-c2c(C#N)c(-n3c4ccccc4c4ccccc43)c(-c3nc(-c4ccccc4)nc(-c4ccccc4)n3)c(-c3ccc(-n4c5ccc(C)cc5c5cc(C)ccc54)cc3)c2-n2c3ccccc3c3ccccc32)cc1. The first-order chi connectivity index (χ1) is 46.2. The monoisotopic (exact) mass is 1200 g/mol.